The molecule has 0 spiro atoms. The number of nitriles is 1. The van der Waals surface area contributed by atoms with Crippen molar-refractivity contribution in [2.24, 2.45) is 5.41 Å². The van der Waals surface area contributed by atoms with Crippen LogP contribution >= 0.6 is 0 Å². The van der Waals surface area contributed by atoms with E-state index in [4.69, 9.17) is 5.26 Å². The van der Waals surface area contributed by atoms with Crippen LogP contribution in [0.15, 0.2) is 23.8 Å². The molecule has 0 aliphatic rings. The molecule has 0 heterocycles. The zero-order valence-corrected chi connectivity index (χ0v) is 11.3. The first kappa shape index (κ1) is 15.4. The van der Waals surface area contributed by atoms with Gasteiger partial charge in [0.1, 0.15) is 6.07 Å². The Morgan fingerprint density at radius 3 is 2.45 bits per heavy atom. The molecule has 0 fully saturated rings. The normalized spacial score (nSPS) is 11.8. The summed E-state index contributed by atoms with van der Waals surface area (Å²) in [4.78, 5) is 21.9. The molecule has 0 aliphatic heterocycles. The summed E-state index contributed by atoms with van der Waals surface area (Å²) < 4.78 is 0. The maximum Gasteiger partial charge on any atom is 0.262 e. The van der Waals surface area contributed by atoms with E-state index in [1.54, 1.807) is 26.8 Å². The summed E-state index contributed by atoms with van der Waals surface area (Å²) in [5.41, 5.74) is -1.15. The van der Waals surface area contributed by atoms with Crippen molar-refractivity contribution in [1.82, 2.24) is 0 Å². The smallest absolute Gasteiger partial charge is 0.262 e. The Kier molecular flexibility index (Phi) is 4.25. The number of ketones is 1. The molecule has 0 aromatic heterocycles. The zero-order valence-electron chi connectivity index (χ0n) is 11.3. The van der Waals surface area contributed by atoms with E-state index in [9.17, 15) is 20.0 Å². The fraction of sp³-hybridized carbons (Fsp3) is 0.286. The largest absolute Gasteiger partial charge is 0.868 e. The predicted molar refractivity (Wildman–Crippen MR) is 70.6 cm³/mol. The second-order valence-corrected chi connectivity index (χ2v) is 5.23. The van der Waals surface area contributed by atoms with E-state index in [1.807, 2.05) is 0 Å². The van der Waals surface area contributed by atoms with Crippen LogP contribution in [0.5, 0.6) is 5.75 Å². The number of allylic oxidation sites excluding steroid dienone is 1. The number of benzene rings is 1. The standard InChI is InChI=1S/C14H14N2O4/c1-14(2,3)13(18)10(8-15)6-9-4-5-12(17)11(7-9)16(19)20/h4-7,17H,1-3H3/p-1/b10-6+. The van der Waals surface area contributed by atoms with E-state index in [1.165, 1.54) is 12.1 Å². The number of rotatable bonds is 3. The van der Waals surface area contributed by atoms with E-state index < -0.39 is 21.8 Å². The second kappa shape index (κ2) is 5.53. The molecule has 104 valence electrons. The van der Waals surface area contributed by atoms with Crippen molar-refractivity contribution in [3.05, 3.63) is 39.4 Å². The average molecular weight is 273 g/mol. The molecule has 0 atom stereocenters. The highest BCUT2D eigenvalue weighted by molar-refractivity contribution is 6.06. The van der Waals surface area contributed by atoms with Crippen molar-refractivity contribution in [2.45, 2.75) is 20.8 Å². The molecular formula is C14H13N2O4-. The van der Waals surface area contributed by atoms with Gasteiger partial charge in [-0.1, -0.05) is 32.9 Å². The minimum atomic E-state index is -0.794. The van der Waals surface area contributed by atoms with Gasteiger partial charge in [-0.25, -0.2) is 0 Å². The minimum Gasteiger partial charge on any atom is -0.868 e. The lowest BCUT2D eigenvalue weighted by molar-refractivity contribution is -0.398. The SMILES string of the molecule is CC(C)(C)C(=O)/C(C#N)=C/c1ccc([O-])c([N+](=O)[O-])c1. The van der Waals surface area contributed by atoms with E-state index in [2.05, 4.69) is 0 Å². The number of hydrogen-bond donors (Lipinski definition) is 0. The van der Waals surface area contributed by atoms with Gasteiger partial charge in [-0.2, -0.15) is 5.26 Å². The number of hydrogen-bond acceptors (Lipinski definition) is 5. The molecule has 6 heteroatoms. The Labute approximate surface area is 116 Å². The highest BCUT2D eigenvalue weighted by atomic mass is 16.6. The van der Waals surface area contributed by atoms with Crippen LogP contribution in [0.4, 0.5) is 5.69 Å². The Balaban J connectivity index is 3.29. The highest BCUT2D eigenvalue weighted by Crippen LogP contribution is 2.26. The van der Waals surface area contributed by atoms with Gasteiger partial charge in [0, 0.05) is 11.5 Å². The van der Waals surface area contributed by atoms with Gasteiger partial charge in [0.15, 0.2) is 5.78 Å². The third-order valence-corrected chi connectivity index (χ3v) is 2.54. The maximum atomic E-state index is 12.0. The van der Waals surface area contributed by atoms with Gasteiger partial charge in [-0.05, 0) is 17.4 Å². The quantitative estimate of drug-likeness (QED) is 0.363. The van der Waals surface area contributed by atoms with E-state index in [0.29, 0.717) is 0 Å². The molecule has 0 N–H and O–H groups in total. The first-order valence-electron chi connectivity index (χ1n) is 5.79. The number of nitro groups is 1. The number of carbonyl (C=O) groups is 1. The Bertz CT molecular complexity index is 634. The molecule has 0 saturated heterocycles. The van der Waals surface area contributed by atoms with Gasteiger partial charge in [-0.15, -0.1) is 0 Å². The fourth-order valence-electron chi connectivity index (χ4n) is 1.49. The van der Waals surface area contributed by atoms with Crippen LogP contribution in [0.2, 0.25) is 0 Å². The molecule has 0 aliphatic carbocycles. The van der Waals surface area contributed by atoms with Gasteiger partial charge in [0.05, 0.1) is 10.5 Å². The molecule has 0 bridgehead atoms. The van der Waals surface area contributed by atoms with Crippen LogP contribution in [-0.4, -0.2) is 10.7 Å². The summed E-state index contributed by atoms with van der Waals surface area (Å²) in [6.45, 7) is 5.01. The van der Waals surface area contributed by atoms with Gasteiger partial charge in [0.25, 0.3) is 5.69 Å². The topological polar surface area (TPSA) is 107 Å². The van der Waals surface area contributed by atoms with Crippen LogP contribution in [0, 0.1) is 26.9 Å². The monoisotopic (exact) mass is 273 g/mol. The van der Waals surface area contributed by atoms with E-state index >= 15 is 0 Å². The molecule has 1 rings (SSSR count). The lowest BCUT2D eigenvalue weighted by Crippen LogP contribution is -2.21. The van der Waals surface area contributed by atoms with E-state index in [0.717, 1.165) is 12.1 Å². The lowest BCUT2D eigenvalue weighted by Gasteiger charge is -2.15. The van der Waals surface area contributed by atoms with Crippen molar-refractivity contribution < 1.29 is 14.8 Å². The Hall–Kier alpha value is -2.68. The Morgan fingerprint density at radius 1 is 1.40 bits per heavy atom. The predicted octanol–water partition coefficient (Wildman–Crippen LogP) is 2.19. The van der Waals surface area contributed by atoms with Gasteiger partial charge in [-0.3, -0.25) is 14.9 Å². The lowest BCUT2D eigenvalue weighted by atomic mass is 9.86. The first-order valence-corrected chi connectivity index (χ1v) is 5.79. The molecule has 20 heavy (non-hydrogen) atoms. The van der Waals surface area contributed by atoms with Gasteiger partial charge < -0.3 is 5.11 Å². The van der Waals surface area contributed by atoms with Gasteiger partial charge >= 0.3 is 0 Å². The van der Waals surface area contributed by atoms with Crippen LogP contribution in [-0.2, 0) is 4.79 Å². The summed E-state index contributed by atoms with van der Waals surface area (Å²) in [7, 11) is 0. The molecular weight excluding hydrogens is 260 g/mol. The van der Waals surface area contributed by atoms with Crippen LogP contribution in [0.1, 0.15) is 26.3 Å². The van der Waals surface area contributed by atoms with Crippen molar-refractivity contribution in [1.29, 1.82) is 5.26 Å². The van der Waals surface area contributed by atoms with Crippen LogP contribution < -0.4 is 5.11 Å². The Morgan fingerprint density at radius 2 is 2.00 bits per heavy atom. The van der Waals surface area contributed by atoms with E-state index in [-0.39, 0.29) is 16.9 Å². The summed E-state index contributed by atoms with van der Waals surface area (Å²) in [5.74, 6) is -1.08. The second-order valence-electron chi connectivity index (χ2n) is 5.23. The van der Waals surface area contributed by atoms with Gasteiger partial charge in [0.2, 0.25) is 0 Å². The summed E-state index contributed by atoms with van der Waals surface area (Å²) in [6.07, 6.45) is 1.25. The maximum absolute atomic E-state index is 12.0. The van der Waals surface area contributed by atoms with Crippen LogP contribution in [0.25, 0.3) is 6.08 Å². The van der Waals surface area contributed by atoms with Crippen molar-refractivity contribution in [2.75, 3.05) is 0 Å². The molecule has 6 nitrogen and oxygen atoms in total. The first-order chi connectivity index (χ1) is 9.16. The molecule has 1 aromatic carbocycles. The number of Topliss-reactive ketones (excluding diaryl/α,β-unsaturated/α-hetero) is 1. The minimum absolute atomic E-state index is 0.106. The average Bonchev–Trinajstić information content (AvgIpc) is 2.35. The fourth-order valence-corrected chi connectivity index (χ4v) is 1.49. The molecule has 1 aromatic rings. The number of nitrogens with zero attached hydrogens (tertiary/aromatic N) is 2. The highest BCUT2D eigenvalue weighted by Gasteiger charge is 2.25. The third-order valence-electron chi connectivity index (χ3n) is 2.54. The molecule has 0 radical (unpaired) electrons. The van der Waals surface area contributed by atoms with Crippen LogP contribution in [0.3, 0.4) is 0 Å². The van der Waals surface area contributed by atoms with Crippen molar-refractivity contribution in [3.63, 3.8) is 0 Å². The molecule has 0 saturated carbocycles. The number of nitro benzene ring substituents is 1. The van der Waals surface area contributed by atoms with Crippen molar-refractivity contribution in [3.8, 4) is 11.8 Å². The zero-order chi connectivity index (χ0) is 15.5. The number of carbonyl (C=O) groups excluding carboxylic acids is 1. The molecule has 0 unspecified atom stereocenters. The summed E-state index contributed by atoms with van der Waals surface area (Å²) in [6, 6.07) is 5.21. The summed E-state index contributed by atoms with van der Waals surface area (Å²) in [5, 5.41) is 31.0. The van der Waals surface area contributed by atoms with Crippen molar-refractivity contribution >= 4 is 17.5 Å². The summed E-state index contributed by atoms with van der Waals surface area (Å²) >= 11 is 0. The molecule has 0 amide bonds. The third kappa shape index (κ3) is 3.42.